The Morgan fingerprint density at radius 2 is 1.59 bits per heavy atom. The number of urea groups is 1. The van der Waals surface area contributed by atoms with Crippen LogP contribution in [-0.2, 0) is 9.53 Å². The van der Waals surface area contributed by atoms with E-state index in [4.69, 9.17) is 4.74 Å². The zero-order chi connectivity index (χ0) is 20.2. The van der Waals surface area contributed by atoms with E-state index in [1.54, 1.807) is 9.80 Å². The minimum atomic E-state index is -0.191. The van der Waals surface area contributed by atoms with Crippen LogP contribution in [0.15, 0.2) is 48.5 Å². The van der Waals surface area contributed by atoms with E-state index in [1.807, 2.05) is 55.5 Å². The summed E-state index contributed by atoms with van der Waals surface area (Å²) in [5.41, 5.74) is 3.86. The number of nitrogens with one attached hydrogen (secondary N) is 1. The second-order valence-electron chi connectivity index (χ2n) is 7.39. The number of morpholine rings is 1. The van der Waals surface area contributed by atoms with Crippen molar-refractivity contribution in [2.75, 3.05) is 61.1 Å². The summed E-state index contributed by atoms with van der Waals surface area (Å²) in [5.74, 6) is -0.191. The van der Waals surface area contributed by atoms with Gasteiger partial charge in [0, 0.05) is 43.2 Å². The van der Waals surface area contributed by atoms with E-state index in [1.165, 1.54) is 0 Å². The first-order chi connectivity index (χ1) is 14.1. The molecule has 2 fully saturated rings. The molecule has 0 aromatic heterocycles. The van der Waals surface area contributed by atoms with Crippen LogP contribution >= 0.6 is 0 Å². The molecule has 0 saturated carbocycles. The standard InChI is InChI=1S/C22H26N4O3/c1-17-2-6-20(7-3-17)26-11-10-25(22(26)28)16-21(27)23-18-4-8-19(9-5-18)24-12-14-29-15-13-24/h2-9H,10-16H2,1H3,(H,23,27). The fourth-order valence-electron chi connectivity index (χ4n) is 3.64. The third-order valence-electron chi connectivity index (χ3n) is 5.30. The lowest BCUT2D eigenvalue weighted by Gasteiger charge is -2.28. The lowest BCUT2D eigenvalue weighted by Crippen LogP contribution is -2.37. The normalized spacial score (nSPS) is 17.0. The quantitative estimate of drug-likeness (QED) is 0.847. The second kappa shape index (κ2) is 8.53. The maximum Gasteiger partial charge on any atom is 0.325 e. The Bertz CT molecular complexity index is 861. The number of hydrogen-bond donors (Lipinski definition) is 1. The molecule has 0 aliphatic carbocycles. The molecule has 2 aromatic carbocycles. The highest BCUT2D eigenvalue weighted by molar-refractivity contribution is 5.99. The Labute approximate surface area is 170 Å². The molecule has 0 spiro atoms. The molecule has 0 unspecified atom stereocenters. The van der Waals surface area contributed by atoms with Crippen molar-refractivity contribution in [3.63, 3.8) is 0 Å². The predicted molar refractivity (Wildman–Crippen MR) is 114 cm³/mol. The molecule has 0 atom stereocenters. The van der Waals surface area contributed by atoms with Gasteiger partial charge in [-0.3, -0.25) is 9.69 Å². The molecule has 2 saturated heterocycles. The van der Waals surface area contributed by atoms with E-state index >= 15 is 0 Å². The topological polar surface area (TPSA) is 65.1 Å². The molecule has 2 aliphatic rings. The average molecular weight is 394 g/mol. The Balaban J connectivity index is 1.31. The minimum Gasteiger partial charge on any atom is -0.378 e. The van der Waals surface area contributed by atoms with Crippen LogP contribution in [0.1, 0.15) is 5.56 Å². The molecular formula is C22H26N4O3. The Morgan fingerprint density at radius 1 is 0.931 bits per heavy atom. The predicted octanol–water partition coefficient (Wildman–Crippen LogP) is 2.71. The zero-order valence-corrected chi connectivity index (χ0v) is 16.6. The van der Waals surface area contributed by atoms with Gasteiger partial charge in [0.25, 0.3) is 0 Å². The van der Waals surface area contributed by atoms with Gasteiger partial charge >= 0.3 is 6.03 Å². The van der Waals surface area contributed by atoms with Crippen molar-refractivity contribution in [1.29, 1.82) is 0 Å². The number of ether oxygens (including phenoxy) is 1. The average Bonchev–Trinajstić information content (AvgIpc) is 3.10. The van der Waals surface area contributed by atoms with Gasteiger partial charge in [0.15, 0.2) is 0 Å². The van der Waals surface area contributed by atoms with Gasteiger partial charge in [0.05, 0.1) is 13.2 Å². The molecule has 1 N–H and O–H groups in total. The lowest BCUT2D eigenvalue weighted by molar-refractivity contribution is -0.116. The van der Waals surface area contributed by atoms with Crippen molar-refractivity contribution in [2.45, 2.75) is 6.92 Å². The van der Waals surface area contributed by atoms with Gasteiger partial charge in [0.2, 0.25) is 5.91 Å². The van der Waals surface area contributed by atoms with E-state index in [0.29, 0.717) is 13.1 Å². The number of hydrogen-bond acceptors (Lipinski definition) is 4. The van der Waals surface area contributed by atoms with E-state index in [0.717, 1.165) is 48.9 Å². The fraction of sp³-hybridized carbons (Fsp3) is 0.364. The van der Waals surface area contributed by atoms with E-state index in [-0.39, 0.29) is 18.5 Å². The molecule has 2 aromatic rings. The van der Waals surface area contributed by atoms with Crippen molar-refractivity contribution < 1.29 is 14.3 Å². The maximum atomic E-state index is 12.7. The molecule has 7 nitrogen and oxygen atoms in total. The van der Waals surface area contributed by atoms with Gasteiger partial charge in [0.1, 0.15) is 6.54 Å². The maximum absolute atomic E-state index is 12.7. The van der Waals surface area contributed by atoms with Crippen LogP contribution in [0.5, 0.6) is 0 Å². The summed E-state index contributed by atoms with van der Waals surface area (Å²) < 4.78 is 5.38. The summed E-state index contributed by atoms with van der Waals surface area (Å²) in [6.07, 6.45) is 0. The summed E-state index contributed by atoms with van der Waals surface area (Å²) in [5, 5.41) is 2.89. The summed E-state index contributed by atoms with van der Waals surface area (Å²) in [6.45, 7) is 6.41. The second-order valence-corrected chi connectivity index (χ2v) is 7.39. The van der Waals surface area contributed by atoms with Crippen molar-refractivity contribution >= 4 is 29.0 Å². The van der Waals surface area contributed by atoms with Crippen LogP contribution in [0, 0.1) is 6.92 Å². The number of carbonyl (C=O) groups is 2. The fourth-order valence-corrected chi connectivity index (χ4v) is 3.64. The molecule has 2 heterocycles. The molecule has 152 valence electrons. The van der Waals surface area contributed by atoms with Crippen LogP contribution in [0.3, 0.4) is 0 Å². The van der Waals surface area contributed by atoms with Crippen LogP contribution in [-0.4, -0.2) is 62.8 Å². The lowest BCUT2D eigenvalue weighted by atomic mass is 10.2. The van der Waals surface area contributed by atoms with Crippen LogP contribution in [0.4, 0.5) is 21.9 Å². The van der Waals surface area contributed by atoms with Gasteiger partial charge in [-0.2, -0.15) is 0 Å². The van der Waals surface area contributed by atoms with Crippen LogP contribution < -0.4 is 15.1 Å². The Morgan fingerprint density at radius 3 is 2.28 bits per heavy atom. The summed E-state index contributed by atoms with van der Waals surface area (Å²) >= 11 is 0. The van der Waals surface area contributed by atoms with Crippen molar-refractivity contribution in [2.24, 2.45) is 0 Å². The number of benzene rings is 2. The highest BCUT2D eigenvalue weighted by Gasteiger charge is 2.30. The van der Waals surface area contributed by atoms with Gasteiger partial charge in [-0.25, -0.2) is 4.79 Å². The first kappa shape index (κ1) is 19.3. The molecule has 0 bridgehead atoms. The van der Waals surface area contributed by atoms with E-state index < -0.39 is 0 Å². The van der Waals surface area contributed by atoms with Crippen LogP contribution in [0.2, 0.25) is 0 Å². The molecule has 3 amide bonds. The van der Waals surface area contributed by atoms with Gasteiger partial charge in [-0.15, -0.1) is 0 Å². The number of carbonyl (C=O) groups excluding carboxylic acids is 2. The molecule has 7 heteroatoms. The molecule has 0 radical (unpaired) electrons. The molecule has 2 aliphatic heterocycles. The smallest absolute Gasteiger partial charge is 0.325 e. The summed E-state index contributed by atoms with van der Waals surface area (Å²) in [7, 11) is 0. The van der Waals surface area contributed by atoms with Crippen molar-refractivity contribution in [3.05, 3.63) is 54.1 Å². The zero-order valence-electron chi connectivity index (χ0n) is 16.6. The SMILES string of the molecule is Cc1ccc(N2CCN(CC(=O)Nc3ccc(N4CCOCC4)cc3)C2=O)cc1. The van der Waals surface area contributed by atoms with E-state index in [2.05, 4.69) is 10.2 Å². The third-order valence-corrected chi connectivity index (χ3v) is 5.30. The van der Waals surface area contributed by atoms with Gasteiger partial charge in [-0.1, -0.05) is 17.7 Å². The summed E-state index contributed by atoms with van der Waals surface area (Å²) in [6, 6.07) is 15.5. The van der Waals surface area contributed by atoms with Gasteiger partial charge < -0.3 is 19.9 Å². The first-order valence-corrected chi connectivity index (χ1v) is 9.96. The highest BCUT2D eigenvalue weighted by Crippen LogP contribution is 2.21. The monoisotopic (exact) mass is 394 g/mol. The van der Waals surface area contributed by atoms with Crippen molar-refractivity contribution in [1.82, 2.24) is 4.90 Å². The van der Waals surface area contributed by atoms with Gasteiger partial charge in [-0.05, 0) is 43.3 Å². The third kappa shape index (κ3) is 4.51. The molecule has 29 heavy (non-hydrogen) atoms. The Kier molecular flexibility index (Phi) is 5.67. The largest absolute Gasteiger partial charge is 0.378 e. The van der Waals surface area contributed by atoms with E-state index in [9.17, 15) is 9.59 Å². The van der Waals surface area contributed by atoms with Crippen LogP contribution in [0.25, 0.3) is 0 Å². The number of nitrogens with zero attached hydrogens (tertiary/aromatic N) is 3. The summed E-state index contributed by atoms with van der Waals surface area (Å²) in [4.78, 5) is 30.6. The highest BCUT2D eigenvalue weighted by atomic mass is 16.5. The first-order valence-electron chi connectivity index (χ1n) is 9.96. The minimum absolute atomic E-state index is 0.0480. The number of anilines is 3. The molecule has 4 rings (SSSR count). The molecular weight excluding hydrogens is 368 g/mol. The Hall–Kier alpha value is -3.06. The van der Waals surface area contributed by atoms with Crippen molar-refractivity contribution in [3.8, 4) is 0 Å². The number of aryl methyl sites for hydroxylation is 1. The number of rotatable bonds is 5. The number of amides is 3.